The number of nitrogens with two attached hydrogens (primary N) is 1. The first kappa shape index (κ1) is 15.1. The highest BCUT2D eigenvalue weighted by Crippen LogP contribution is 2.31. The zero-order valence-corrected chi connectivity index (χ0v) is 13.0. The van der Waals surface area contributed by atoms with E-state index < -0.39 is 10.0 Å². The quantitative estimate of drug-likeness (QED) is 0.867. The zero-order valence-electron chi connectivity index (χ0n) is 12.2. The SMILES string of the molecule is COc1cc(S(=O)(=O)N2CC(C)CCC2C)ccc1N. The van der Waals surface area contributed by atoms with E-state index in [1.165, 1.54) is 13.2 Å². The number of hydrogen-bond donors (Lipinski definition) is 1. The second-order valence-corrected chi connectivity index (χ2v) is 7.40. The summed E-state index contributed by atoms with van der Waals surface area (Å²) >= 11 is 0. The van der Waals surface area contributed by atoms with Crippen LogP contribution in [0.4, 0.5) is 5.69 Å². The fourth-order valence-electron chi connectivity index (χ4n) is 2.57. The van der Waals surface area contributed by atoms with Crippen molar-refractivity contribution < 1.29 is 13.2 Å². The van der Waals surface area contributed by atoms with Gasteiger partial charge in [0.25, 0.3) is 0 Å². The molecule has 1 aromatic rings. The summed E-state index contributed by atoms with van der Waals surface area (Å²) in [5, 5.41) is 0. The zero-order chi connectivity index (χ0) is 14.9. The second kappa shape index (κ2) is 5.61. The molecule has 1 aliphatic heterocycles. The summed E-state index contributed by atoms with van der Waals surface area (Å²) in [4.78, 5) is 0.240. The topological polar surface area (TPSA) is 72.6 Å². The molecule has 6 heteroatoms. The van der Waals surface area contributed by atoms with Gasteiger partial charge in [0.05, 0.1) is 17.7 Å². The monoisotopic (exact) mass is 298 g/mol. The maximum absolute atomic E-state index is 12.8. The fourth-order valence-corrected chi connectivity index (χ4v) is 4.37. The van der Waals surface area contributed by atoms with Gasteiger partial charge in [-0.25, -0.2) is 8.42 Å². The molecule has 0 bridgehead atoms. The first-order chi connectivity index (χ1) is 9.36. The molecular formula is C14H22N2O3S. The fraction of sp³-hybridized carbons (Fsp3) is 0.571. The molecule has 0 spiro atoms. The molecule has 0 aliphatic carbocycles. The lowest BCUT2D eigenvalue weighted by Gasteiger charge is -2.35. The van der Waals surface area contributed by atoms with Gasteiger partial charge in [0, 0.05) is 18.7 Å². The number of methoxy groups -OCH3 is 1. The number of benzene rings is 1. The normalized spacial score (nSPS) is 24.6. The molecule has 0 radical (unpaired) electrons. The van der Waals surface area contributed by atoms with Crippen LogP contribution in [-0.2, 0) is 10.0 Å². The van der Waals surface area contributed by atoms with Crippen LogP contribution in [0.25, 0.3) is 0 Å². The Balaban J connectivity index is 2.39. The van der Waals surface area contributed by atoms with Gasteiger partial charge in [0.15, 0.2) is 0 Å². The van der Waals surface area contributed by atoms with Crippen molar-refractivity contribution >= 4 is 15.7 Å². The summed E-state index contributed by atoms with van der Waals surface area (Å²) in [5.74, 6) is 0.778. The van der Waals surface area contributed by atoms with Crippen LogP contribution < -0.4 is 10.5 Å². The Morgan fingerprint density at radius 3 is 2.65 bits per heavy atom. The van der Waals surface area contributed by atoms with Gasteiger partial charge in [-0.3, -0.25) is 0 Å². The molecule has 1 saturated heterocycles. The largest absolute Gasteiger partial charge is 0.495 e. The molecular weight excluding hydrogens is 276 g/mol. The minimum atomic E-state index is -3.50. The Hall–Kier alpha value is -1.27. The summed E-state index contributed by atoms with van der Waals surface area (Å²) in [6.07, 6.45) is 1.96. The predicted octanol–water partition coefficient (Wildman–Crippen LogP) is 2.09. The second-order valence-electron chi connectivity index (χ2n) is 5.51. The highest BCUT2D eigenvalue weighted by Gasteiger charge is 2.33. The number of nitrogen functional groups attached to an aromatic ring is 1. The van der Waals surface area contributed by atoms with Crippen molar-refractivity contribution in [3.05, 3.63) is 18.2 Å². The average Bonchev–Trinajstić information content (AvgIpc) is 2.41. The van der Waals surface area contributed by atoms with Crippen molar-refractivity contribution in [3.63, 3.8) is 0 Å². The molecule has 0 aromatic heterocycles. The lowest BCUT2D eigenvalue weighted by molar-refractivity contribution is 0.218. The van der Waals surface area contributed by atoms with Crippen LogP contribution in [-0.4, -0.2) is 32.4 Å². The molecule has 1 aromatic carbocycles. The smallest absolute Gasteiger partial charge is 0.243 e. The predicted molar refractivity (Wildman–Crippen MR) is 79.2 cm³/mol. The van der Waals surface area contributed by atoms with E-state index in [0.717, 1.165) is 12.8 Å². The van der Waals surface area contributed by atoms with Crippen molar-refractivity contribution in [1.29, 1.82) is 0 Å². The number of ether oxygens (including phenoxy) is 1. The Bertz CT molecular complexity index is 586. The Morgan fingerprint density at radius 2 is 2.00 bits per heavy atom. The molecule has 1 aliphatic rings. The van der Waals surface area contributed by atoms with Gasteiger partial charge in [0.1, 0.15) is 5.75 Å². The summed E-state index contributed by atoms with van der Waals surface area (Å²) in [7, 11) is -2.02. The van der Waals surface area contributed by atoms with Gasteiger partial charge in [-0.1, -0.05) is 6.92 Å². The first-order valence-electron chi connectivity index (χ1n) is 6.81. The molecule has 20 heavy (non-hydrogen) atoms. The van der Waals surface area contributed by atoms with E-state index in [2.05, 4.69) is 6.92 Å². The third-order valence-electron chi connectivity index (χ3n) is 3.87. The van der Waals surface area contributed by atoms with Crippen LogP contribution in [0.3, 0.4) is 0 Å². The standard InChI is InChI=1S/C14H22N2O3S/c1-10-4-5-11(2)16(9-10)20(17,18)12-6-7-13(15)14(8-12)19-3/h6-8,10-11H,4-5,9,15H2,1-3H3. The van der Waals surface area contributed by atoms with Gasteiger partial charge in [-0.05, 0) is 37.8 Å². The molecule has 2 atom stereocenters. The number of hydrogen-bond acceptors (Lipinski definition) is 4. The van der Waals surface area contributed by atoms with Crippen molar-refractivity contribution in [2.45, 2.75) is 37.6 Å². The van der Waals surface area contributed by atoms with Gasteiger partial charge < -0.3 is 10.5 Å². The van der Waals surface area contributed by atoms with Crippen molar-refractivity contribution in [1.82, 2.24) is 4.31 Å². The van der Waals surface area contributed by atoms with E-state index in [1.807, 2.05) is 6.92 Å². The van der Waals surface area contributed by atoms with Crippen LogP contribution in [0.2, 0.25) is 0 Å². The van der Waals surface area contributed by atoms with Crippen molar-refractivity contribution in [3.8, 4) is 5.75 Å². The molecule has 112 valence electrons. The lowest BCUT2D eigenvalue weighted by Crippen LogP contribution is -2.44. The van der Waals surface area contributed by atoms with Crippen LogP contribution in [0, 0.1) is 5.92 Å². The van der Waals surface area contributed by atoms with E-state index in [9.17, 15) is 8.42 Å². The van der Waals surface area contributed by atoms with Crippen molar-refractivity contribution in [2.24, 2.45) is 5.92 Å². The van der Waals surface area contributed by atoms with Gasteiger partial charge in [0.2, 0.25) is 10.0 Å². The number of piperidine rings is 1. The molecule has 1 heterocycles. The van der Waals surface area contributed by atoms with Crippen LogP contribution in [0.5, 0.6) is 5.75 Å². The highest BCUT2D eigenvalue weighted by atomic mass is 32.2. The van der Waals surface area contributed by atoms with Gasteiger partial charge in [-0.2, -0.15) is 4.31 Å². The Labute approximate surface area is 120 Å². The minimum Gasteiger partial charge on any atom is -0.495 e. The van der Waals surface area contributed by atoms with Crippen molar-refractivity contribution in [2.75, 3.05) is 19.4 Å². The highest BCUT2D eigenvalue weighted by molar-refractivity contribution is 7.89. The number of anilines is 1. The van der Waals surface area contributed by atoms with E-state index in [0.29, 0.717) is 23.9 Å². The summed E-state index contributed by atoms with van der Waals surface area (Å²) in [6.45, 7) is 4.60. The number of rotatable bonds is 3. The van der Waals surface area contributed by atoms with Crippen LogP contribution in [0.1, 0.15) is 26.7 Å². The maximum Gasteiger partial charge on any atom is 0.243 e. The van der Waals surface area contributed by atoms with Crippen LogP contribution in [0.15, 0.2) is 23.1 Å². The number of nitrogens with zero attached hydrogens (tertiary/aromatic N) is 1. The summed E-state index contributed by atoms with van der Waals surface area (Å²) in [5.41, 5.74) is 6.17. The van der Waals surface area contributed by atoms with Crippen LogP contribution >= 0.6 is 0 Å². The first-order valence-corrected chi connectivity index (χ1v) is 8.25. The lowest BCUT2D eigenvalue weighted by atomic mass is 9.97. The molecule has 0 saturated carbocycles. The maximum atomic E-state index is 12.8. The molecule has 2 N–H and O–H groups in total. The minimum absolute atomic E-state index is 0.0275. The average molecular weight is 298 g/mol. The van der Waals surface area contributed by atoms with E-state index >= 15 is 0 Å². The Kier molecular flexibility index (Phi) is 4.25. The third-order valence-corrected chi connectivity index (χ3v) is 5.85. The van der Waals surface area contributed by atoms with Gasteiger partial charge in [-0.15, -0.1) is 0 Å². The molecule has 2 rings (SSSR count). The summed E-state index contributed by atoms with van der Waals surface area (Å²) in [6, 6.07) is 4.64. The van der Waals surface area contributed by atoms with E-state index in [4.69, 9.17) is 10.5 Å². The molecule has 0 amide bonds. The molecule has 2 unspecified atom stereocenters. The van der Waals surface area contributed by atoms with E-state index in [-0.39, 0.29) is 10.9 Å². The Morgan fingerprint density at radius 1 is 1.30 bits per heavy atom. The van der Waals surface area contributed by atoms with E-state index in [1.54, 1.807) is 16.4 Å². The number of sulfonamides is 1. The van der Waals surface area contributed by atoms with Gasteiger partial charge >= 0.3 is 0 Å². The third kappa shape index (κ3) is 2.76. The molecule has 5 nitrogen and oxygen atoms in total. The molecule has 1 fully saturated rings. The summed E-state index contributed by atoms with van der Waals surface area (Å²) < 4.78 is 32.2.